The molecule has 5 nitrogen and oxygen atoms in total. The van der Waals surface area contributed by atoms with Crippen LogP contribution in [0.1, 0.15) is 43.5 Å². The number of piperidine rings is 2. The first-order chi connectivity index (χ1) is 11.6. The van der Waals surface area contributed by atoms with Gasteiger partial charge in [-0.25, -0.2) is 9.97 Å². The SMILES string of the molecule is Cc1nc(-c2nccn2C[C@@H]2CCCN3CCCC[C@H]23)n(C)c1C. The van der Waals surface area contributed by atoms with Crippen molar-refractivity contribution in [2.45, 2.75) is 58.5 Å². The predicted octanol–water partition coefficient (Wildman–Crippen LogP) is 3.16. The van der Waals surface area contributed by atoms with Gasteiger partial charge in [0, 0.05) is 37.7 Å². The molecule has 24 heavy (non-hydrogen) atoms. The lowest BCUT2D eigenvalue weighted by molar-refractivity contribution is 0.0521. The summed E-state index contributed by atoms with van der Waals surface area (Å²) in [4.78, 5) is 12.1. The molecular formula is C19H29N5. The first kappa shape index (κ1) is 15.9. The molecule has 2 aromatic rings. The van der Waals surface area contributed by atoms with Crippen molar-refractivity contribution >= 4 is 0 Å². The highest BCUT2D eigenvalue weighted by Gasteiger charge is 2.33. The van der Waals surface area contributed by atoms with Crippen molar-refractivity contribution in [3.8, 4) is 11.6 Å². The lowest BCUT2D eigenvalue weighted by Gasteiger charge is -2.44. The Labute approximate surface area is 144 Å². The van der Waals surface area contributed by atoms with Crippen LogP contribution in [0.2, 0.25) is 0 Å². The smallest absolute Gasteiger partial charge is 0.176 e. The van der Waals surface area contributed by atoms with Crippen LogP contribution in [0.4, 0.5) is 0 Å². The van der Waals surface area contributed by atoms with Gasteiger partial charge in [0.05, 0.1) is 5.69 Å². The molecule has 0 spiro atoms. The first-order valence-electron chi connectivity index (χ1n) is 9.40. The number of hydrogen-bond donors (Lipinski definition) is 0. The Morgan fingerprint density at radius 1 is 1.08 bits per heavy atom. The highest BCUT2D eigenvalue weighted by Crippen LogP contribution is 2.32. The van der Waals surface area contributed by atoms with Crippen molar-refractivity contribution in [2.75, 3.05) is 13.1 Å². The molecule has 0 bridgehead atoms. The number of imidazole rings is 2. The number of hydrogen-bond acceptors (Lipinski definition) is 3. The monoisotopic (exact) mass is 327 g/mol. The Morgan fingerprint density at radius 3 is 2.71 bits per heavy atom. The second kappa shape index (κ2) is 6.36. The van der Waals surface area contributed by atoms with E-state index in [4.69, 9.17) is 4.98 Å². The van der Waals surface area contributed by atoms with E-state index < -0.39 is 0 Å². The lowest BCUT2D eigenvalue weighted by Crippen LogP contribution is -2.49. The van der Waals surface area contributed by atoms with Gasteiger partial charge < -0.3 is 14.0 Å². The Morgan fingerprint density at radius 2 is 1.92 bits per heavy atom. The highest BCUT2D eigenvalue weighted by atomic mass is 15.2. The molecule has 0 saturated carbocycles. The molecule has 2 fully saturated rings. The largest absolute Gasteiger partial charge is 0.329 e. The number of fused-ring (bicyclic) bond motifs is 1. The van der Waals surface area contributed by atoms with Gasteiger partial charge in [-0.15, -0.1) is 0 Å². The standard InChI is InChI=1S/C19H29N5/c1-14-15(2)22(3)19(21-14)18-20-9-12-24(18)13-16-7-6-11-23-10-5-4-8-17(16)23/h9,12,16-17H,4-8,10-11,13H2,1-3H3/t16-,17+/m0/s1. The molecule has 4 rings (SSSR count). The third kappa shape index (κ3) is 2.69. The number of aryl methyl sites for hydroxylation is 1. The van der Waals surface area contributed by atoms with Crippen molar-refractivity contribution in [1.82, 2.24) is 24.0 Å². The third-order valence-electron chi connectivity index (χ3n) is 6.19. The molecule has 0 amide bonds. The van der Waals surface area contributed by atoms with Gasteiger partial charge in [-0.1, -0.05) is 6.42 Å². The molecule has 2 saturated heterocycles. The minimum absolute atomic E-state index is 0.745. The second-order valence-electron chi connectivity index (χ2n) is 7.57. The number of rotatable bonds is 3. The fraction of sp³-hybridized carbons (Fsp3) is 0.684. The zero-order valence-corrected chi connectivity index (χ0v) is 15.2. The molecule has 2 aromatic heterocycles. The van der Waals surface area contributed by atoms with Crippen LogP contribution in [0.25, 0.3) is 11.6 Å². The summed E-state index contributed by atoms with van der Waals surface area (Å²) >= 11 is 0. The molecule has 5 heteroatoms. The van der Waals surface area contributed by atoms with Crippen molar-refractivity contribution in [2.24, 2.45) is 13.0 Å². The van der Waals surface area contributed by atoms with Gasteiger partial charge in [0.2, 0.25) is 0 Å². The maximum atomic E-state index is 4.76. The number of nitrogens with zero attached hydrogens (tertiary/aromatic N) is 5. The van der Waals surface area contributed by atoms with E-state index in [9.17, 15) is 0 Å². The van der Waals surface area contributed by atoms with Gasteiger partial charge in [0.1, 0.15) is 0 Å². The molecule has 0 N–H and O–H groups in total. The van der Waals surface area contributed by atoms with Crippen LogP contribution < -0.4 is 0 Å². The average molecular weight is 327 g/mol. The topological polar surface area (TPSA) is 38.9 Å². The summed E-state index contributed by atoms with van der Waals surface area (Å²) in [6, 6.07) is 0.771. The van der Waals surface area contributed by atoms with E-state index in [1.807, 2.05) is 6.20 Å². The van der Waals surface area contributed by atoms with Crippen molar-refractivity contribution in [1.29, 1.82) is 0 Å². The molecular weight excluding hydrogens is 298 g/mol. The maximum Gasteiger partial charge on any atom is 0.176 e. The number of aromatic nitrogens is 4. The lowest BCUT2D eigenvalue weighted by atomic mass is 9.83. The fourth-order valence-electron chi connectivity index (χ4n) is 4.62. The van der Waals surface area contributed by atoms with Gasteiger partial charge in [-0.2, -0.15) is 0 Å². The van der Waals surface area contributed by atoms with E-state index in [1.54, 1.807) is 0 Å². The summed E-state index contributed by atoms with van der Waals surface area (Å²) in [6.45, 7) is 7.88. The maximum absolute atomic E-state index is 4.76. The van der Waals surface area contributed by atoms with Crippen LogP contribution in [0, 0.1) is 19.8 Å². The van der Waals surface area contributed by atoms with Gasteiger partial charge in [-0.3, -0.25) is 0 Å². The molecule has 4 heterocycles. The molecule has 130 valence electrons. The van der Waals surface area contributed by atoms with E-state index >= 15 is 0 Å². The third-order valence-corrected chi connectivity index (χ3v) is 6.19. The molecule has 2 atom stereocenters. The van der Waals surface area contributed by atoms with E-state index in [0.29, 0.717) is 0 Å². The average Bonchev–Trinajstić information content (AvgIpc) is 3.15. The zero-order chi connectivity index (χ0) is 16.7. The quantitative estimate of drug-likeness (QED) is 0.869. The predicted molar refractivity (Wildman–Crippen MR) is 95.8 cm³/mol. The van der Waals surface area contributed by atoms with E-state index in [1.165, 1.54) is 50.9 Å². The minimum atomic E-state index is 0.745. The first-order valence-corrected chi connectivity index (χ1v) is 9.40. The van der Waals surface area contributed by atoms with Crippen LogP contribution in [-0.4, -0.2) is 43.1 Å². The summed E-state index contributed by atoms with van der Waals surface area (Å²) in [6.07, 6.45) is 10.9. The summed E-state index contributed by atoms with van der Waals surface area (Å²) < 4.78 is 4.51. The Kier molecular flexibility index (Phi) is 4.21. The molecule has 0 aliphatic carbocycles. The molecule has 0 unspecified atom stereocenters. The Balaban J connectivity index is 1.59. The summed E-state index contributed by atoms with van der Waals surface area (Å²) in [5, 5.41) is 0. The Bertz CT molecular complexity index is 711. The van der Waals surface area contributed by atoms with Crippen molar-refractivity contribution in [3.63, 3.8) is 0 Å². The van der Waals surface area contributed by atoms with E-state index in [2.05, 4.69) is 46.1 Å². The van der Waals surface area contributed by atoms with Crippen LogP contribution in [0.5, 0.6) is 0 Å². The zero-order valence-electron chi connectivity index (χ0n) is 15.2. The van der Waals surface area contributed by atoms with Crippen LogP contribution >= 0.6 is 0 Å². The van der Waals surface area contributed by atoms with Gasteiger partial charge in [-0.05, 0) is 58.5 Å². The van der Waals surface area contributed by atoms with Gasteiger partial charge in [0.25, 0.3) is 0 Å². The van der Waals surface area contributed by atoms with E-state index in [-0.39, 0.29) is 0 Å². The van der Waals surface area contributed by atoms with Gasteiger partial charge in [0.15, 0.2) is 11.6 Å². The summed E-state index contributed by atoms with van der Waals surface area (Å²) in [5.74, 6) is 2.75. The molecule has 2 aliphatic rings. The van der Waals surface area contributed by atoms with Crippen LogP contribution in [0.3, 0.4) is 0 Å². The molecule has 0 aromatic carbocycles. The van der Waals surface area contributed by atoms with Crippen molar-refractivity contribution < 1.29 is 0 Å². The summed E-state index contributed by atoms with van der Waals surface area (Å²) in [5.41, 5.74) is 2.31. The van der Waals surface area contributed by atoms with Gasteiger partial charge >= 0.3 is 0 Å². The highest BCUT2D eigenvalue weighted by molar-refractivity contribution is 5.47. The normalized spacial score (nSPS) is 25.0. The van der Waals surface area contributed by atoms with Crippen LogP contribution in [-0.2, 0) is 13.6 Å². The second-order valence-corrected chi connectivity index (χ2v) is 7.57. The fourth-order valence-corrected chi connectivity index (χ4v) is 4.62. The minimum Gasteiger partial charge on any atom is -0.329 e. The Hall–Kier alpha value is -1.62. The molecule has 2 aliphatic heterocycles. The summed E-state index contributed by atoms with van der Waals surface area (Å²) in [7, 11) is 2.09. The van der Waals surface area contributed by atoms with E-state index in [0.717, 1.165) is 35.8 Å². The van der Waals surface area contributed by atoms with Crippen molar-refractivity contribution in [3.05, 3.63) is 23.8 Å². The van der Waals surface area contributed by atoms with Crippen LogP contribution in [0.15, 0.2) is 12.4 Å². The molecule has 0 radical (unpaired) electrons.